The van der Waals surface area contributed by atoms with Gasteiger partial charge in [0.2, 0.25) is 0 Å². The van der Waals surface area contributed by atoms with E-state index in [2.05, 4.69) is 0 Å². The Labute approximate surface area is 176 Å². The van der Waals surface area contributed by atoms with Crippen LogP contribution in [-0.2, 0) is 9.53 Å². The molecule has 0 aromatic heterocycles. The molecular formula is C22H35F3O5. The third-order valence-electron chi connectivity index (χ3n) is 6.49. The van der Waals surface area contributed by atoms with Gasteiger partial charge >= 0.3 is 6.18 Å². The Morgan fingerprint density at radius 1 is 1.20 bits per heavy atom. The number of carbonyl (C=O) groups excluding carboxylic acids is 1. The molecule has 30 heavy (non-hydrogen) atoms. The van der Waals surface area contributed by atoms with Gasteiger partial charge < -0.3 is 20.1 Å². The number of aliphatic hydroxyl groups excluding tert-OH is 2. The fraction of sp³-hybridized carbons (Fsp3) is 0.864. The van der Waals surface area contributed by atoms with Crippen molar-refractivity contribution in [1.29, 1.82) is 0 Å². The second kappa shape index (κ2) is 11.1. The molecule has 174 valence electrons. The lowest BCUT2D eigenvalue weighted by Gasteiger charge is -2.29. The van der Waals surface area contributed by atoms with Crippen LogP contribution in [0.3, 0.4) is 0 Å². The van der Waals surface area contributed by atoms with Crippen molar-refractivity contribution in [2.24, 2.45) is 11.8 Å². The van der Waals surface area contributed by atoms with Gasteiger partial charge in [0.15, 0.2) is 11.4 Å². The number of carbonyl (C=O) groups is 1. The maximum atomic E-state index is 13.3. The molecule has 1 aliphatic heterocycles. The van der Waals surface area contributed by atoms with Gasteiger partial charge in [0, 0.05) is 25.2 Å². The maximum absolute atomic E-state index is 13.3. The minimum Gasteiger partial charge on any atom is -0.392 e. The van der Waals surface area contributed by atoms with Crippen LogP contribution in [-0.4, -0.2) is 57.8 Å². The van der Waals surface area contributed by atoms with Crippen LogP contribution < -0.4 is 0 Å². The lowest BCUT2D eigenvalue weighted by molar-refractivity contribution is -0.261. The monoisotopic (exact) mass is 436 g/mol. The smallest absolute Gasteiger partial charge is 0.392 e. The van der Waals surface area contributed by atoms with Crippen LogP contribution in [0.5, 0.6) is 0 Å². The van der Waals surface area contributed by atoms with Gasteiger partial charge in [-0.05, 0) is 31.6 Å². The van der Waals surface area contributed by atoms with Gasteiger partial charge in [-0.25, -0.2) is 0 Å². The number of hydrogen-bond acceptors (Lipinski definition) is 5. The first-order valence-corrected chi connectivity index (χ1v) is 11.0. The van der Waals surface area contributed by atoms with Gasteiger partial charge in [-0.3, -0.25) is 4.79 Å². The Morgan fingerprint density at radius 2 is 1.93 bits per heavy atom. The van der Waals surface area contributed by atoms with E-state index in [1.165, 1.54) is 6.08 Å². The Hall–Kier alpha value is -0.960. The summed E-state index contributed by atoms with van der Waals surface area (Å²) >= 11 is 0. The Kier molecular flexibility index (Phi) is 9.33. The fourth-order valence-electron chi connectivity index (χ4n) is 4.65. The number of ketones is 1. The number of unbranched alkanes of at least 4 members (excludes halogenated alkanes) is 2. The van der Waals surface area contributed by atoms with Gasteiger partial charge in [-0.1, -0.05) is 38.3 Å². The molecule has 8 heteroatoms. The molecule has 2 aliphatic rings. The Balaban J connectivity index is 1.88. The third-order valence-corrected chi connectivity index (χ3v) is 6.49. The largest absolute Gasteiger partial charge is 0.417 e. The molecule has 0 spiro atoms. The number of rotatable bonds is 12. The van der Waals surface area contributed by atoms with Crippen molar-refractivity contribution in [3.05, 3.63) is 12.2 Å². The first kappa shape index (κ1) is 25.3. The van der Waals surface area contributed by atoms with Crippen LogP contribution in [0.2, 0.25) is 0 Å². The zero-order chi connectivity index (χ0) is 22.4. The molecule has 6 atom stereocenters. The quantitative estimate of drug-likeness (QED) is 0.321. The highest BCUT2D eigenvalue weighted by Gasteiger charge is 2.52. The lowest BCUT2D eigenvalue weighted by atomic mass is 9.87. The molecule has 2 fully saturated rings. The number of hydrogen-bond donors (Lipinski definition) is 3. The summed E-state index contributed by atoms with van der Waals surface area (Å²) in [6, 6.07) is 0. The van der Waals surface area contributed by atoms with Crippen molar-refractivity contribution in [3.63, 3.8) is 0 Å². The molecule has 2 rings (SSSR count). The second-order valence-electron chi connectivity index (χ2n) is 8.78. The number of alkyl halides is 3. The molecule has 0 amide bonds. The van der Waals surface area contributed by atoms with Gasteiger partial charge in [0.25, 0.3) is 0 Å². The molecule has 3 N–H and O–H groups in total. The van der Waals surface area contributed by atoms with E-state index in [1.54, 1.807) is 13.0 Å². The molecule has 0 radical (unpaired) electrons. The van der Waals surface area contributed by atoms with Crippen LogP contribution in [0.25, 0.3) is 0 Å². The van der Waals surface area contributed by atoms with E-state index in [1.807, 2.05) is 0 Å². The van der Waals surface area contributed by atoms with Crippen LogP contribution in [0.1, 0.15) is 71.1 Å². The summed E-state index contributed by atoms with van der Waals surface area (Å²) in [6.07, 6.45) is 1.37. The van der Waals surface area contributed by atoms with Crippen LogP contribution in [0.15, 0.2) is 12.2 Å². The molecule has 0 bridgehead atoms. The maximum Gasteiger partial charge on any atom is 0.417 e. The van der Waals surface area contributed by atoms with Crippen molar-refractivity contribution < 1.29 is 38.0 Å². The van der Waals surface area contributed by atoms with Crippen molar-refractivity contribution in [3.8, 4) is 0 Å². The first-order chi connectivity index (χ1) is 14.1. The zero-order valence-corrected chi connectivity index (χ0v) is 17.6. The summed E-state index contributed by atoms with van der Waals surface area (Å²) in [6.45, 7) is 1.35. The number of halogens is 3. The van der Waals surface area contributed by atoms with Crippen LogP contribution in [0, 0.1) is 11.8 Å². The number of fused-ring (bicyclic) bond motifs is 1. The molecule has 0 aromatic rings. The summed E-state index contributed by atoms with van der Waals surface area (Å²) in [5, 5.41) is 29.2. The van der Waals surface area contributed by atoms with E-state index in [-0.39, 0.29) is 36.2 Å². The number of ether oxygens (including phenoxy) is 1. The van der Waals surface area contributed by atoms with Crippen LogP contribution >= 0.6 is 0 Å². The molecule has 1 saturated carbocycles. The second-order valence-corrected chi connectivity index (χ2v) is 8.78. The summed E-state index contributed by atoms with van der Waals surface area (Å²) in [5.41, 5.74) is -2.73. The molecule has 1 saturated heterocycles. The van der Waals surface area contributed by atoms with Gasteiger partial charge in [0.05, 0.1) is 18.3 Å². The number of Topliss-reactive ketones (excluding diaryl/α,β-unsaturated/α-hetero) is 1. The van der Waals surface area contributed by atoms with Gasteiger partial charge in [-0.2, -0.15) is 13.2 Å². The average Bonchev–Trinajstić information content (AvgIpc) is 3.19. The van der Waals surface area contributed by atoms with E-state index < -0.39 is 30.9 Å². The van der Waals surface area contributed by atoms with E-state index >= 15 is 0 Å². The summed E-state index contributed by atoms with van der Waals surface area (Å²) in [5.74, 6) is -0.403. The van der Waals surface area contributed by atoms with Crippen LogP contribution in [0.4, 0.5) is 13.2 Å². The van der Waals surface area contributed by atoms with E-state index in [0.29, 0.717) is 32.1 Å². The van der Waals surface area contributed by atoms with Gasteiger partial charge in [-0.15, -0.1) is 0 Å². The van der Waals surface area contributed by atoms with Gasteiger partial charge in [0.1, 0.15) is 6.61 Å². The predicted octanol–water partition coefficient (Wildman–Crippen LogP) is 3.69. The topological polar surface area (TPSA) is 87.0 Å². The van der Waals surface area contributed by atoms with E-state index in [4.69, 9.17) is 9.84 Å². The van der Waals surface area contributed by atoms with Crippen molar-refractivity contribution in [2.75, 3.05) is 6.61 Å². The normalized spacial score (nSPS) is 31.2. The van der Waals surface area contributed by atoms with Crippen molar-refractivity contribution >= 4 is 5.78 Å². The van der Waals surface area contributed by atoms with E-state index in [9.17, 15) is 28.2 Å². The van der Waals surface area contributed by atoms with Crippen molar-refractivity contribution in [1.82, 2.24) is 0 Å². The molecule has 1 aliphatic carbocycles. The standard InChI is InChI=1S/C22H35F3O5/c1-2-3-10-21(29,22(23,24)25)11-6-9-17-18-12-16(30-20(18)13-19(17)28)8-5-4-7-15(27)14-26/h6,9,16-20,26,28-29H,2-5,7-8,10-14H2,1H3/b9-6+/t16?,17-,18-,19-,20+,21?/m1/s1. The minimum absolute atomic E-state index is 0.0179. The molecular weight excluding hydrogens is 401 g/mol. The average molecular weight is 437 g/mol. The molecule has 0 aromatic carbocycles. The van der Waals surface area contributed by atoms with Crippen molar-refractivity contribution in [2.45, 2.75) is 101 Å². The molecule has 5 nitrogen and oxygen atoms in total. The summed E-state index contributed by atoms with van der Waals surface area (Å²) in [4.78, 5) is 11.1. The zero-order valence-electron chi connectivity index (χ0n) is 17.6. The highest BCUT2D eigenvalue weighted by atomic mass is 19.4. The SMILES string of the molecule is CCCCC(O)(C/C=C/[C@@H]1[C@H]2CC(CCCCC(=O)CO)O[C@H]2C[C@H]1O)C(F)(F)F. The number of aliphatic hydroxyl groups is 3. The van der Waals surface area contributed by atoms with E-state index in [0.717, 1.165) is 19.3 Å². The minimum atomic E-state index is -4.69. The lowest BCUT2D eigenvalue weighted by Crippen LogP contribution is -2.44. The highest BCUT2D eigenvalue weighted by Crippen LogP contribution is 2.45. The summed E-state index contributed by atoms with van der Waals surface area (Å²) in [7, 11) is 0. The Bertz CT molecular complexity index is 580. The first-order valence-electron chi connectivity index (χ1n) is 11.0. The molecule has 1 heterocycles. The highest BCUT2D eigenvalue weighted by molar-refractivity contribution is 5.79. The molecule has 2 unspecified atom stereocenters. The Morgan fingerprint density at radius 3 is 2.57 bits per heavy atom. The predicted molar refractivity (Wildman–Crippen MR) is 106 cm³/mol. The fourth-order valence-corrected chi connectivity index (χ4v) is 4.65. The summed E-state index contributed by atoms with van der Waals surface area (Å²) < 4.78 is 45.9. The third kappa shape index (κ3) is 6.52.